The van der Waals surface area contributed by atoms with E-state index in [2.05, 4.69) is 6.58 Å². The number of carboxylic acid groups (broad SMARTS) is 1. The number of likely N-dealkylation sites (tertiary alicyclic amines) is 1. The maximum atomic E-state index is 15.1. The summed E-state index contributed by atoms with van der Waals surface area (Å²) in [5.74, 6) is -6.39. The Kier molecular flexibility index (Phi) is 7.82. The van der Waals surface area contributed by atoms with Crippen molar-refractivity contribution in [1.29, 1.82) is 0 Å². The van der Waals surface area contributed by atoms with Crippen molar-refractivity contribution in [2.24, 2.45) is 23.7 Å². The van der Waals surface area contributed by atoms with Gasteiger partial charge in [-0.3, -0.25) is 28.9 Å². The van der Waals surface area contributed by atoms with Crippen LogP contribution in [0.5, 0.6) is 5.75 Å². The van der Waals surface area contributed by atoms with Crippen LogP contribution in [-0.2, 0) is 35.8 Å². The van der Waals surface area contributed by atoms with Gasteiger partial charge in [-0.1, -0.05) is 96.6 Å². The van der Waals surface area contributed by atoms with Gasteiger partial charge in [0, 0.05) is 29.5 Å². The summed E-state index contributed by atoms with van der Waals surface area (Å²) in [5.41, 5.74) is 1.90. The molecule has 48 heavy (non-hydrogen) atoms. The quantitative estimate of drug-likeness (QED) is 0.248. The van der Waals surface area contributed by atoms with Gasteiger partial charge in [0.15, 0.2) is 11.6 Å². The summed E-state index contributed by atoms with van der Waals surface area (Å²) in [6.45, 7) is 3.61. The Morgan fingerprint density at radius 2 is 1.62 bits per heavy atom. The number of phenols is 1. The third kappa shape index (κ3) is 4.61. The number of rotatable bonds is 8. The van der Waals surface area contributed by atoms with Crippen molar-refractivity contribution in [3.05, 3.63) is 131 Å². The number of carbonyl (C=O) groups excluding carboxylic acids is 4. The molecule has 3 aromatic carbocycles. The number of hydrogen-bond donors (Lipinski definition) is 2. The van der Waals surface area contributed by atoms with Gasteiger partial charge < -0.3 is 10.2 Å². The zero-order valence-corrected chi connectivity index (χ0v) is 26.2. The Labute approximate surface area is 278 Å². The molecule has 4 aliphatic rings. The number of carboxylic acids is 1. The van der Waals surface area contributed by atoms with E-state index in [4.69, 9.17) is 0 Å². The lowest BCUT2D eigenvalue weighted by molar-refractivity contribution is -0.142. The van der Waals surface area contributed by atoms with E-state index in [0.29, 0.717) is 28.7 Å². The minimum Gasteiger partial charge on any atom is -0.507 e. The number of aromatic hydroxyl groups is 1. The van der Waals surface area contributed by atoms with Crippen LogP contribution in [0, 0.1) is 23.7 Å². The molecule has 2 amide bonds. The van der Waals surface area contributed by atoms with Gasteiger partial charge >= 0.3 is 5.97 Å². The van der Waals surface area contributed by atoms with Crippen molar-refractivity contribution >= 4 is 34.9 Å². The molecule has 1 heterocycles. The predicted octanol–water partition coefficient (Wildman–Crippen LogP) is 5.42. The van der Waals surface area contributed by atoms with Gasteiger partial charge in [-0.25, -0.2) is 0 Å². The molecule has 1 aliphatic heterocycles. The fourth-order valence-corrected chi connectivity index (χ4v) is 8.88. The van der Waals surface area contributed by atoms with Crippen LogP contribution in [0.2, 0.25) is 0 Å². The van der Waals surface area contributed by atoms with Crippen LogP contribution < -0.4 is 0 Å². The third-order valence-corrected chi connectivity index (χ3v) is 10.8. The zero-order valence-electron chi connectivity index (χ0n) is 26.2. The highest BCUT2D eigenvalue weighted by atomic mass is 16.4. The van der Waals surface area contributed by atoms with Crippen molar-refractivity contribution in [3.8, 4) is 5.75 Å². The normalized spacial score (nSPS) is 27.8. The van der Waals surface area contributed by atoms with Gasteiger partial charge in [-0.2, -0.15) is 0 Å². The molecule has 0 unspecified atom stereocenters. The molecule has 2 fully saturated rings. The Hall–Kier alpha value is -5.37. The first-order valence-corrected chi connectivity index (χ1v) is 16.3. The smallest absolute Gasteiger partial charge is 0.305 e. The number of phenolic OH excluding ortho intramolecular Hbond substituents is 1. The molecule has 0 spiro atoms. The second-order valence-electron chi connectivity index (χ2n) is 13.1. The Morgan fingerprint density at radius 1 is 0.917 bits per heavy atom. The first-order chi connectivity index (χ1) is 23.2. The second-order valence-corrected chi connectivity index (χ2v) is 13.1. The molecule has 3 aromatic rings. The summed E-state index contributed by atoms with van der Waals surface area (Å²) in [6, 6.07) is 23.6. The molecule has 1 saturated heterocycles. The highest BCUT2D eigenvalue weighted by molar-refractivity contribution is 6.31. The monoisotopic (exact) mass is 641 g/mol. The summed E-state index contributed by atoms with van der Waals surface area (Å²) in [5, 5.41) is 21.2. The molecular weight excluding hydrogens is 606 g/mol. The van der Waals surface area contributed by atoms with E-state index in [9.17, 15) is 29.4 Å². The average Bonchev–Trinajstić information content (AvgIpc) is 3.34. The topological polar surface area (TPSA) is 129 Å². The van der Waals surface area contributed by atoms with Crippen molar-refractivity contribution in [2.45, 2.75) is 37.0 Å². The molecular formula is C40H35NO7. The highest BCUT2D eigenvalue weighted by Crippen LogP contribution is 2.64. The third-order valence-electron chi connectivity index (χ3n) is 10.8. The molecule has 0 aromatic heterocycles. The van der Waals surface area contributed by atoms with Gasteiger partial charge in [0.1, 0.15) is 5.75 Å². The molecule has 8 heteroatoms. The number of hydrogen-bond acceptors (Lipinski definition) is 6. The van der Waals surface area contributed by atoms with E-state index in [1.165, 1.54) is 6.08 Å². The molecule has 1 saturated carbocycles. The van der Waals surface area contributed by atoms with E-state index >= 15 is 4.79 Å². The zero-order chi connectivity index (χ0) is 33.7. The van der Waals surface area contributed by atoms with Crippen molar-refractivity contribution in [3.63, 3.8) is 0 Å². The summed E-state index contributed by atoms with van der Waals surface area (Å²) >= 11 is 0. The Bertz CT molecular complexity index is 1930. The van der Waals surface area contributed by atoms with Crippen molar-refractivity contribution in [1.82, 2.24) is 4.90 Å². The summed E-state index contributed by atoms with van der Waals surface area (Å²) in [6.07, 6.45) is 5.41. The SMILES string of the molecule is C=CCc1cccc([C@H]2C3=CC[C@@H]4C(=O)N(CCC(=O)O)C(=O)[C@@H]4[C@@H]3C[C@H]3C(=O)C(c4ccccc4)=CC(=O)[C@@]23c2ccccc2)c1O. The van der Waals surface area contributed by atoms with Crippen LogP contribution >= 0.6 is 0 Å². The molecule has 0 bridgehead atoms. The lowest BCUT2D eigenvalue weighted by atomic mass is 9.44. The fourth-order valence-electron chi connectivity index (χ4n) is 8.88. The molecule has 3 aliphatic carbocycles. The van der Waals surface area contributed by atoms with Gasteiger partial charge in [-0.15, -0.1) is 6.58 Å². The number of benzene rings is 3. The second kappa shape index (κ2) is 12.0. The fraction of sp³-hybridized carbons (Fsp3) is 0.275. The van der Waals surface area contributed by atoms with E-state index < -0.39 is 52.8 Å². The summed E-state index contributed by atoms with van der Waals surface area (Å²) < 4.78 is 0. The van der Waals surface area contributed by atoms with Crippen LogP contribution in [0.1, 0.15) is 47.4 Å². The van der Waals surface area contributed by atoms with Crippen molar-refractivity contribution in [2.75, 3.05) is 6.54 Å². The van der Waals surface area contributed by atoms with Crippen LogP contribution in [0.15, 0.2) is 109 Å². The molecule has 7 rings (SSSR count). The van der Waals surface area contributed by atoms with Crippen LogP contribution in [0.3, 0.4) is 0 Å². The van der Waals surface area contributed by atoms with Crippen molar-refractivity contribution < 1.29 is 34.2 Å². The first-order valence-electron chi connectivity index (χ1n) is 16.3. The van der Waals surface area contributed by atoms with Gasteiger partial charge in [-0.05, 0) is 47.9 Å². The number of para-hydroxylation sites is 1. The van der Waals surface area contributed by atoms with E-state index in [1.807, 2.05) is 48.5 Å². The standard InChI is InChI=1S/C40H35NO7/c1-2-10-24-13-9-16-28(36(24)45)35-26-17-18-27-34(39(48)41(38(27)47)20-19-33(43)44)30(26)21-31-37(46)29(23-11-5-3-6-12-23)22-32(42)40(31,35)25-14-7-4-8-15-25/h2-9,11-17,22,27,30-31,34-35,45H,1,10,18-21H2,(H,43,44)/t27-,30+,31-,34-,35+,40-/m0/s1. The average molecular weight is 642 g/mol. The molecule has 6 atom stereocenters. The van der Waals surface area contributed by atoms with E-state index in [1.54, 1.807) is 42.5 Å². The number of aliphatic carboxylic acids is 1. The van der Waals surface area contributed by atoms with E-state index in [-0.39, 0.29) is 48.7 Å². The lowest BCUT2D eigenvalue weighted by Crippen LogP contribution is -2.58. The number of allylic oxidation sites excluding steroid dienone is 5. The minimum atomic E-state index is -1.45. The number of fused-ring (bicyclic) bond motifs is 4. The predicted molar refractivity (Wildman–Crippen MR) is 178 cm³/mol. The van der Waals surface area contributed by atoms with Gasteiger partial charge in [0.05, 0.1) is 23.7 Å². The highest BCUT2D eigenvalue weighted by Gasteiger charge is 2.66. The number of amides is 2. The maximum Gasteiger partial charge on any atom is 0.305 e. The summed E-state index contributed by atoms with van der Waals surface area (Å²) in [7, 11) is 0. The lowest BCUT2D eigenvalue weighted by Gasteiger charge is -2.55. The Morgan fingerprint density at radius 3 is 2.31 bits per heavy atom. The van der Waals surface area contributed by atoms with Gasteiger partial charge in [0.25, 0.3) is 0 Å². The molecule has 8 nitrogen and oxygen atoms in total. The molecule has 2 N–H and O–H groups in total. The molecule has 242 valence electrons. The van der Waals surface area contributed by atoms with Crippen LogP contribution in [0.4, 0.5) is 0 Å². The van der Waals surface area contributed by atoms with E-state index in [0.717, 1.165) is 10.5 Å². The van der Waals surface area contributed by atoms with Crippen LogP contribution in [0.25, 0.3) is 5.57 Å². The largest absolute Gasteiger partial charge is 0.507 e. The number of Topliss-reactive ketones (excluding diaryl/α,β-unsaturated/α-hetero) is 1. The summed E-state index contributed by atoms with van der Waals surface area (Å²) in [4.78, 5) is 70.1. The minimum absolute atomic E-state index is 0.00451. The van der Waals surface area contributed by atoms with Crippen LogP contribution in [-0.4, -0.2) is 51.0 Å². The van der Waals surface area contributed by atoms with Gasteiger partial charge in [0.2, 0.25) is 11.8 Å². The number of nitrogens with zero attached hydrogens (tertiary/aromatic N) is 1. The number of imide groups is 1. The molecule has 0 radical (unpaired) electrons. The number of carbonyl (C=O) groups is 5. The maximum absolute atomic E-state index is 15.1. The first kappa shape index (κ1) is 31.2. The number of ketones is 2. The Balaban J connectivity index is 1.49.